The number of carbonyl (C=O) groups excluding carboxylic acids is 1. The normalized spacial score (nSPS) is 13.7. The van der Waals surface area contributed by atoms with Gasteiger partial charge >= 0.3 is 11.6 Å². The predicted molar refractivity (Wildman–Crippen MR) is 124 cm³/mol. The molecule has 0 fully saturated rings. The van der Waals surface area contributed by atoms with E-state index >= 15 is 0 Å². The van der Waals surface area contributed by atoms with Crippen LogP contribution in [0.25, 0.3) is 0 Å². The molecule has 1 aliphatic carbocycles. The predicted octanol–water partition coefficient (Wildman–Crippen LogP) is 4.31. The first-order valence-electron chi connectivity index (χ1n) is 10.3. The van der Waals surface area contributed by atoms with E-state index in [9.17, 15) is 25.0 Å². The summed E-state index contributed by atoms with van der Waals surface area (Å²) >= 11 is 0. The fourth-order valence-corrected chi connectivity index (χ4v) is 3.71. The van der Waals surface area contributed by atoms with Crippen molar-refractivity contribution in [3.63, 3.8) is 0 Å². The van der Waals surface area contributed by atoms with Crippen LogP contribution in [0.4, 0.5) is 22.7 Å². The lowest BCUT2D eigenvalue weighted by Gasteiger charge is -2.13. The molecule has 0 radical (unpaired) electrons. The Morgan fingerprint density at radius 3 is 2.53 bits per heavy atom. The monoisotopic (exact) mass is 464 g/mol. The van der Waals surface area contributed by atoms with Gasteiger partial charge in [0.05, 0.1) is 27.3 Å². The lowest BCUT2D eigenvalue weighted by atomic mass is 9.93. The number of anilines is 2. The molecule has 174 valence electrons. The number of hydrogen-bond donors (Lipinski definition) is 3. The van der Waals surface area contributed by atoms with Gasteiger partial charge in [0.1, 0.15) is 11.4 Å². The summed E-state index contributed by atoms with van der Waals surface area (Å²) < 4.78 is 5.83. The molecule has 3 N–H and O–H groups in total. The number of hydrazone groups is 1. The first-order valence-corrected chi connectivity index (χ1v) is 10.3. The van der Waals surface area contributed by atoms with Gasteiger partial charge in [0.2, 0.25) is 0 Å². The molecule has 12 nitrogen and oxygen atoms in total. The third-order valence-electron chi connectivity index (χ3n) is 5.33. The summed E-state index contributed by atoms with van der Waals surface area (Å²) in [4.78, 5) is 33.6. The summed E-state index contributed by atoms with van der Waals surface area (Å²) in [5, 5.41) is 26.6. The molecule has 0 saturated heterocycles. The summed E-state index contributed by atoms with van der Waals surface area (Å²) in [6, 6.07) is 12.4. The molecule has 1 aromatic heterocycles. The molecule has 1 heterocycles. The minimum absolute atomic E-state index is 0.0152. The Kier molecular flexibility index (Phi) is 6.21. The molecule has 3 aromatic rings. The van der Waals surface area contributed by atoms with Crippen LogP contribution in [0.3, 0.4) is 0 Å². The number of rotatable bonds is 7. The maximum absolute atomic E-state index is 12.7. The standard InChI is InChI=1S/C22H20N6O6/c1-13-20-17(25-24-16-11-10-15(27(30)31)12-18(16)28(32)33)8-5-9-19(20)34-21(13)22(29)26-23-14-6-3-2-4-7-14/h2-4,6-7,10-12,23-24H,5,8-9H2,1H3,(H,26,29)/b25-17+. The van der Waals surface area contributed by atoms with Crippen LogP contribution in [0.15, 0.2) is 58.0 Å². The van der Waals surface area contributed by atoms with Crippen LogP contribution >= 0.6 is 0 Å². The molecular weight excluding hydrogens is 444 g/mol. The number of nitrogens with one attached hydrogen (secondary N) is 3. The minimum Gasteiger partial charge on any atom is -0.455 e. The highest BCUT2D eigenvalue weighted by Gasteiger charge is 2.28. The second-order valence-corrected chi connectivity index (χ2v) is 7.54. The van der Waals surface area contributed by atoms with Crippen molar-refractivity contribution in [1.29, 1.82) is 0 Å². The number of aryl methyl sites for hydroxylation is 1. The van der Waals surface area contributed by atoms with E-state index in [0.29, 0.717) is 47.5 Å². The smallest absolute Gasteiger partial charge is 0.305 e. The largest absolute Gasteiger partial charge is 0.455 e. The van der Waals surface area contributed by atoms with E-state index in [1.54, 1.807) is 19.1 Å². The van der Waals surface area contributed by atoms with Crippen LogP contribution in [-0.2, 0) is 6.42 Å². The third-order valence-corrected chi connectivity index (χ3v) is 5.33. The summed E-state index contributed by atoms with van der Waals surface area (Å²) in [7, 11) is 0. The number of hydrogen-bond acceptors (Lipinski definition) is 9. The maximum Gasteiger partial charge on any atom is 0.305 e. The second kappa shape index (κ2) is 9.40. The SMILES string of the molecule is Cc1c(C(=O)NNc2ccccc2)oc2c1/C(=N/Nc1ccc([N+](=O)[O-])cc1[N+](=O)[O-])CCC2. The van der Waals surface area contributed by atoms with E-state index in [4.69, 9.17) is 4.42 Å². The molecule has 34 heavy (non-hydrogen) atoms. The summed E-state index contributed by atoms with van der Waals surface area (Å²) in [5.74, 6) is 0.297. The van der Waals surface area contributed by atoms with Crippen molar-refractivity contribution >= 4 is 34.4 Å². The Balaban J connectivity index is 1.58. The highest BCUT2D eigenvalue weighted by Crippen LogP contribution is 2.32. The van der Waals surface area contributed by atoms with Crippen molar-refractivity contribution in [2.45, 2.75) is 26.2 Å². The number of hydrazine groups is 1. The van der Waals surface area contributed by atoms with E-state index in [-0.39, 0.29) is 11.4 Å². The van der Waals surface area contributed by atoms with Gasteiger partial charge in [0.15, 0.2) is 5.76 Å². The molecule has 0 spiro atoms. The second-order valence-electron chi connectivity index (χ2n) is 7.54. The Labute approximate surface area is 192 Å². The third kappa shape index (κ3) is 4.55. The van der Waals surface area contributed by atoms with Crippen molar-refractivity contribution in [1.82, 2.24) is 5.43 Å². The number of nitro groups is 2. The molecule has 1 amide bonds. The van der Waals surface area contributed by atoms with Crippen LogP contribution in [0.2, 0.25) is 0 Å². The van der Waals surface area contributed by atoms with Gasteiger partial charge in [-0.25, -0.2) is 0 Å². The summed E-state index contributed by atoms with van der Waals surface area (Å²) in [6.45, 7) is 1.74. The highest BCUT2D eigenvalue weighted by molar-refractivity contribution is 6.06. The Bertz CT molecular complexity index is 1300. The van der Waals surface area contributed by atoms with Crippen molar-refractivity contribution < 1.29 is 19.1 Å². The quantitative estimate of drug-likeness (QED) is 0.344. The summed E-state index contributed by atoms with van der Waals surface area (Å²) in [5.41, 5.74) is 9.79. The van der Waals surface area contributed by atoms with E-state index in [1.807, 2.05) is 18.2 Å². The average molecular weight is 464 g/mol. The van der Waals surface area contributed by atoms with Crippen LogP contribution in [-0.4, -0.2) is 21.5 Å². The molecule has 0 unspecified atom stereocenters. The van der Waals surface area contributed by atoms with Crippen molar-refractivity contribution in [3.05, 3.63) is 91.4 Å². The first kappa shape index (κ1) is 22.5. The van der Waals surface area contributed by atoms with E-state index in [2.05, 4.69) is 21.4 Å². The van der Waals surface area contributed by atoms with Gasteiger partial charge in [-0.15, -0.1) is 0 Å². The lowest BCUT2D eigenvalue weighted by molar-refractivity contribution is -0.393. The number of para-hydroxylation sites is 1. The van der Waals surface area contributed by atoms with E-state index < -0.39 is 27.1 Å². The van der Waals surface area contributed by atoms with Crippen molar-refractivity contribution in [3.8, 4) is 0 Å². The van der Waals surface area contributed by atoms with Gasteiger partial charge in [-0.1, -0.05) is 18.2 Å². The molecule has 0 bridgehead atoms. The number of non-ortho nitro benzene ring substituents is 1. The zero-order valence-electron chi connectivity index (χ0n) is 18.0. The number of nitrogens with zero attached hydrogens (tertiary/aromatic N) is 3. The molecule has 0 saturated carbocycles. The van der Waals surface area contributed by atoms with Gasteiger partial charge in [0, 0.05) is 23.6 Å². The fourth-order valence-electron chi connectivity index (χ4n) is 3.71. The fraction of sp³-hybridized carbons (Fsp3) is 0.182. The van der Waals surface area contributed by atoms with Gasteiger partial charge in [-0.3, -0.25) is 41.3 Å². The number of carbonyl (C=O) groups is 1. The van der Waals surface area contributed by atoms with Crippen molar-refractivity contribution in [2.24, 2.45) is 5.10 Å². The molecule has 0 aliphatic heterocycles. The van der Waals surface area contributed by atoms with Crippen LogP contribution in [0.1, 0.15) is 40.3 Å². The van der Waals surface area contributed by atoms with Crippen LogP contribution in [0.5, 0.6) is 0 Å². The molecule has 2 aromatic carbocycles. The zero-order chi connectivity index (χ0) is 24.2. The summed E-state index contributed by atoms with van der Waals surface area (Å²) in [6.07, 6.45) is 1.89. The van der Waals surface area contributed by atoms with Gasteiger partial charge in [-0.2, -0.15) is 5.10 Å². The number of furan rings is 1. The van der Waals surface area contributed by atoms with Crippen molar-refractivity contribution in [2.75, 3.05) is 10.9 Å². The number of nitro benzene ring substituents is 2. The van der Waals surface area contributed by atoms with E-state index in [1.165, 1.54) is 6.07 Å². The minimum atomic E-state index is -0.715. The van der Waals surface area contributed by atoms with E-state index in [0.717, 1.165) is 12.1 Å². The zero-order valence-corrected chi connectivity index (χ0v) is 18.0. The van der Waals surface area contributed by atoms with Gasteiger partial charge < -0.3 is 4.42 Å². The average Bonchev–Trinajstić information content (AvgIpc) is 3.18. The Morgan fingerprint density at radius 1 is 1.06 bits per heavy atom. The van der Waals surface area contributed by atoms with Crippen LogP contribution < -0.4 is 16.3 Å². The first-order chi connectivity index (χ1) is 16.3. The topological polar surface area (TPSA) is 165 Å². The number of fused-ring (bicyclic) bond motifs is 1. The maximum atomic E-state index is 12.7. The molecule has 0 atom stereocenters. The molecule has 1 aliphatic rings. The molecule has 4 rings (SSSR count). The lowest BCUT2D eigenvalue weighted by Crippen LogP contribution is -2.29. The van der Waals surface area contributed by atoms with Gasteiger partial charge in [0.25, 0.3) is 5.69 Å². The Hall–Kier alpha value is -4.74. The number of benzene rings is 2. The van der Waals surface area contributed by atoms with Crippen LogP contribution in [0, 0.1) is 27.2 Å². The number of amides is 1. The Morgan fingerprint density at radius 2 is 1.82 bits per heavy atom. The molecule has 12 heteroatoms. The highest BCUT2D eigenvalue weighted by atomic mass is 16.6. The van der Waals surface area contributed by atoms with Gasteiger partial charge in [-0.05, 0) is 38.0 Å². The molecular formula is C22H20N6O6.